The molecule has 148 valence electrons. The summed E-state index contributed by atoms with van der Waals surface area (Å²) in [6, 6.07) is 16.5. The monoisotopic (exact) mass is 418 g/mol. The minimum absolute atomic E-state index is 0.0742. The highest BCUT2D eigenvalue weighted by Crippen LogP contribution is 2.30. The Morgan fingerprint density at radius 1 is 1.25 bits per heavy atom. The molecule has 1 N–H and O–H groups in total. The van der Waals surface area contributed by atoms with Gasteiger partial charge >= 0.3 is 6.09 Å². The molecule has 2 unspecified atom stereocenters. The van der Waals surface area contributed by atoms with Gasteiger partial charge in [0.2, 0.25) is 0 Å². The molecule has 1 aliphatic rings. The first-order chi connectivity index (χ1) is 13.6. The summed E-state index contributed by atoms with van der Waals surface area (Å²) in [6.07, 6.45) is 1.67. The molecule has 0 radical (unpaired) electrons. The fraction of sp³-hybridized carbons (Fsp3) is 0.300. The third-order valence-electron chi connectivity index (χ3n) is 4.57. The minimum atomic E-state index is -1.50. The van der Waals surface area contributed by atoms with E-state index in [4.69, 9.17) is 19.2 Å². The van der Waals surface area contributed by atoms with E-state index in [0.29, 0.717) is 6.54 Å². The van der Waals surface area contributed by atoms with Crippen LogP contribution in [0.25, 0.3) is 20.8 Å². The molecule has 2 heterocycles. The highest BCUT2D eigenvalue weighted by atomic mass is 32.1. The van der Waals surface area contributed by atoms with E-state index in [1.54, 1.807) is 16.2 Å². The van der Waals surface area contributed by atoms with Gasteiger partial charge in [-0.1, -0.05) is 43.3 Å². The van der Waals surface area contributed by atoms with E-state index in [-0.39, 0.29) is 12.2 Å². The number of thiazole rings is 1. The Hall–Kier alpha value is -2.21. The van der Waals surface area contributed by atoms with Crippen LogP contribution in [0.1, 0.15) is 25.3 Å². The second kappa shape index (κ2) is 9.82. The minimum Gasteiger partial charge on any atom is -0.446 e. The van der Waals surface area contributed by atoms with Crippen molar-refractivity contribution in [1.82, 2.24) is 9.88 Å². The van der Waals surface area contributed by atoms with Crippen molar-refractivity contribution >= 4 is 36.3 Å². The highest BCUT2D eigenvalue weighted by molar-refractivity contribution is 7.21. The first-order valence-corrected chi connectivity index (χ1v) is 10.9. The fourth-order valence-corrected chi connectivity index (χ4v) is 4.04. The van der Waals surface area contributed by atoms with Gasteiger partial charge in [0.15, 0.2) is 8.69 Å². The Morgan fingerprint density at radius 2 is 1.96 bits per heavy atom. The summed E-state index contributed by atoms with van der Waals surface area (Å²) in [5.74, 6) is 0. The van der Waals surface area contributed by atoms with Gasteiger partial charge in [-0.3, -0.25) is 4.57 Å². The number of carbonyl (C=O) groups excluding carboxylic acids is 1. The van der Waals surface area contributed by atoms with Crippen LogP contribution >= 0.6 is 20.0 Å². The number of ether oxygens (including phenoxy) is 1. The van der Waals surface area contributed by atoms with Crippen molar-refractivity contribution in [2.24, 2.45) is 0 Å². The van der Waals surface area contributed by atoms with E-state index in [0.717, 1.165) is 41.0 Å². The van der Waals surface area contributed by atoms with E-state index in [1.165, 1.54) is 4.70 Å². The number of amides is 1. The molecule has 0 aliphatic carbocycles. The van der Waals surface area contributed by atoms with Crippen LogP contribution in [0.5, 0.6) is 0 Å². The van der Waals surface area contributed by atoms with Gasteiger partial charge in [0, 0.05) is 25.1 Å². The molecular formula is C20H23N2O4PS. The molecule has 0 bridgehead atoms. The molecule has 1 aromatic heterocycles. The average molecular weight is 418 g/mol. The molecule has 2 aromatic carbocycles. The molecule has 1 amide bonds. The lowest BCUT2D eigenvalue weighted by Crippen LogP contribution is -2.41. The van der Waals surface area contributed by atoms with Crippen molar-refractivity contribution in [2.45, 2.75) is 32.4 Å². The van der Waals surface area contributed by atoms with Gasteiger partial charge in [-0.05, 0) is 24.1 Å². The van der Waals surface area contributed by atoms with E-state index < -0.39 is 8.69 Å². The third-order valence-corrected chi connectivity index (χ3v) is 5.66. The molecule has 1 fully saturated rings. The SMILES string of the molecule is CCC1CCN(Cc2ccc(-c3nc4ccccc4s3)cc2)C(=O)O1.O=[PH2]O. The van der Waals surface area contributed by atoms with Crippen molar-refractivity contribution in [2.75, 3.05) is 6.54 Å². The Labute approximate surface area is 169 Å². The Balaban J connectivity index is 0.000000706. The molecule has 1 aliphatic heterocycles. The number of nitrogens with zero attached hydrogens (tertiary/aromatic N) is 2. The standard InChI is InChI=1S/C20H20N2O2S.H3O2P/c1-2-16-11-12-22(20(23)24-16)13-14-7-9-15(10-8-14)19-21-17-5-3-4-6-18(17)25-19;1-3-2/h3-10,16H,2,11-13H2,1H3;3H2,(H,1,2). The van der Waals surface area contributed by atoms with Crippen molar-refractivity contribution in [3.8, 4) is 10.6 Å². The van der Waals surface area contributed by atoms with Crippen LogP contribution in [0.4, 0.5) is 4.79 Å². The first kappa shape index (κ1) is 20.5. The van der Waals surface area contributed by atoms with Crippen LogP contribution in [0, 0.1) is 0 Å². The lowest BCUT2D eigenvalue weighted by atomic mass is 10.1. The summed E-state index contributed by atoms with van der Waals surface area (Å²) >= 11 is 1.70. The highest BCUT2D eigenvalue weighted by Gasteiger charge is 2.25. The lowest BCUT2D eigenvalue weighted by molar-refractivity contribution is 0.0211. The number of hydrogen-bond donors (Lipinski definition) is 1. The summed E-state index contributed by atoms with van der Waals surface area (Å²) in [4.78, 5) is 25.6. The van der Waals surface area contributed by atoms with Gasteiger partial charge in [0.05, 0.1) is 10.2 Å². The summed E-state index contributed by atoms with van der Waals surface area (Å²) in [5.41, 5.74) is 3.25. The maximum Gasteiger partial charge on any atom is 0.410 e. The quantitative estimate of drug-likeness (QED) is 0.620. The van der Waals surface area contributed by atoms with Crippen molar-refractivity contribution in [1.29, 1.82) is 0 Å². The maximum absolute atomic E-state index is 12.1. The predicted molar refractivity (Wildman–Crippen MR) is 113 cm³/mol. The first-order valence-electron chi connectivity index (χ1n) is 9.13. The Morgan fingerprint density at radius 3 is 2.61 bits per heavy atom. The van der Waals surface area contributed by atoms with Crippen molar-refractivity contribution < 1.29 is 19.0 Å². The number of benzene rings is 2. The number of para-hydroxylation sites is 1. The van der Waals surface area contributed by atoms with Gasteiger partial charge in [-0.15, -0.1) is 11.3 Å². The van der Waals surface area contributed by atoms with E-state index >= 15 is 0 Å². The summed E-state index contributed by atoms with van der Waals surface area (Å²) in [7, 11) is -1.50. The summed E-state index contributed by atoms with van der Waals surface area (Å²) in [6.45, 7) is 3.40. The average Bonchev–Trinajstić information content (AvgIpc) is 3.15. The molecule has 6 nitrogen and oxygen atoms in total. The molecule has 3 aromatic rings. The zero-order valence-corrected chi connectivity index (χ0v) is 17.5. The van der Waals surface area contributed by atoms with Gasteiger partial charge in [-0.25, -0.2) is 9.78 Å². The number of carbonyl (C=O) groups is 1. The molecule has 2 atom stereocenters. The van der Waals surface area contributed by atoms with Crippen LogP contribution < -0.4 is 0 Å². The largest absolute Gasteiger partial charge is 0.446 e. The Kier molecular flexibility index (Phi) is 7.20. The van der Waals surface area contributed by atoms with E-state index in [1.807, 2.05) is 25.1 Å². The number of cyclic esters (lactones) is 1. The fourth-order valence-electron chi connectivity index (χ4n) is 3.07. The molecule has 0 saturated carbocycles. The van der Waals surface area contributed by atoms with E-state index in [2.05, 4.69) is 30.3 Å². The second-order valence-corrected chi connectivity index (χ2v) is 7.65. The van der Waals surface area contributed by atoms with Crippen molar-refractivity contribution in [3.63, 3.8) is 0 Å². The maximum atomic E-state index is 12.1. The molecule has 28 heavy (non-hydrogen) atoms. The number of hydrogen-bond acceptors (Lipinski definition) is 5. The molecular weight excluding hydrogens is 395 g/mol. The predicted octanol–water partition coefficient (Wildman–Crippen LogP) is 4.73. The van der Waals surface area contributed by atoms with Crippen LogP contribution in [0.15, 0.2) is 48.5 Å². The summed E-state index contributed by atoms with van der Waals surface area (Å²) in [5, 5.41) is 1.02. The normalized spacial score (nSPS) is 16.9. The second-order valence-electron chi connectivity index (χ2n) is 6.41. The van der Waals surface area contributed by atoms with Gasteiger partial charge in [0.1, 0.15) is 11.1 Å². The number of rotatable bonds is 4. The molecule has 1 saturated heterocycles. The number of fused-ring (bicyclic) bond motifs is 1. The lowest BCUT2D eigenvalue weighted by Gasteiger charge is -2.31. The molecule has 4 rings (SSSR count). The van der Waals surface area contributed by atoms with Gasteiger partial charge in [-0.2, -0.15) is 0 Å². The molecule has 0 spiro atoms. The zero-order chi connectivity index (χ0) is 19.9. The topological polar surface area (TPSA) is 79.7 Å². The number of aromatic nitrogens is 1. The van der Waals surface area contributed by atoms with Crippen LogP contribution in [-0.2, 0) is 15.8 Å². The van der Waals surface area contributed by atoms with Crippen LogP contribution in [0.3, 0.4) is 0 Å². The smallest absolute Gasteiger partial charge is 0.410 e. The molecule has 8 heteroatoms. The summed E-state index contributed by atoms with van der Waals surface area (Å²) < 4.78 is 15.2. The van der Waals surface area contributed by atoms with Gasteiger partial charge in [0.25, 0.3) is 0 Å². The van der Waals surface area contributed by atoms with Crippen LogP contribution in [-0.4, -0.2) is 33.5 Å². The zero-order valence-electron chi connectivity index (χ0n) is 15.6. The van der Waals surface area contributed by atoms with E-state index in [9.17, 15) is 4.79 Å². The van der Waals surface area contributed by atoms with Crippen LogP contribution in [0.2, 0.25) is 0 Å². The van der Waals surface area contributed by atoms with Crippen molar-refractivity contribution in [3.05, 3.63) is 54.1 Å². The van der Waals surface area contributed by atoms with Gasteiger partial charge < -0.3 is 14.5 Å². The third kappa shape index (κ3) is 4.98. The Bertz CT molecular complexity index is 912.